The van der Waals surface area contributed by atoms with Crippen LogP contribution < -0.4 is 0 Å². The Morgan fingerprint density at radius 1 is 1.18 bits per heavy atom. The molecule has 17 heavy (non-hydrogen) atoms. The summed E-state index contributed by atoms with van der Waals surface area (Å²) in [5.74, 6) is -0.904. The van der Waals surface area contributed by atoms with Gasteiger partial charge in [0.2, 0.25) is 0 Å². The molecule has 0 spiro atoms. The highest BCUT2D eigenvalue weighted by Gasteiger charge is 2.14. The molecule has 0 fully saturated rings. The van der Waals surface area contributed by atoms with E-state index in [9.17, 15) is 9.90 Å². The second kappa shape index (κ2) is 4.33. The van der Waals surface area contributed by atoms with E-state index in [1.807, 2.05) is 6.07 Å². The molecule has 0 radical (unpaired) electrons. The Bertz CT molecular complexity index is 565. The molecule has 2 aromatic rings. The minimum atomic E-state index is -0.904. The highest BCUT2D eigenvalue weighted by atomic mass is 16.4. The van der Waals surface area contributed by atoms with Gasteiger partial charge < -0.3 is 5.11 Å². The molecule has 0 atom stereocenters. The van der Waals surface area contributed by atoms with Crippen LogP contribution in [0.5, 0.6) is 0 Å². The van der Waals surface area contributed by atoms with E-state index in [0.29, 0.717) is 5.56 Å². The van der Waals surface area contributed by atoms with Gasteiger partial charge in [-0.3, -0.25) is 0 Å². The number of carboxylic acids is 1. The summed E-state index contributed by atoms with van der Waals surface area (Å²) in [6, 6.07) is 3.70. The fourth-order valence-corrected chi connectivity index (χ4v) is 1.93. The zero-order valence-electron chi connectivity index (χ0n) is 9.64. The Morgan fingerprint density at radius 2 is 1.82 bits per heavy atom. The largest absolute Gasteiger partial charge is 0.478 e. The number of carbonyl (C=O) groups is 1. The van der Waals surface area contributed by atoms with E-state index in [1.54, 1.807) is 32.3 Å². The van der Waals surface area contributed by atoms with E-state index in [4.69, 9.17) is 0 Å². The molecule has 0 bridgehead atoms. The van der Waals surface area contributed by atoms with Gasteiger partial charge in [0.1, 0.15) is 6.33 Å². The van der Waals surface area contributed by atoms with Crippen molar-refractivity contribution >= 4 is 5.97 Å². The zero-order valence-corrected chi connectivity index (χ0v) is 9.64. The van der Waals surface area contributed by atoms with E-state index >= 15 is 0 Å². The van der Waals surface area contributed by atoms with Crippen molar-refractivity contribution in [3.8, 4) is 11.1 Å². The highest BCUT2D eigenvalue weighted by Crippen LogP contribution is 2.26. The first-order valence-electron chi connectivity index (χ1n) is 5.20. The van der Waals surface area contributed by atoms with E-state index in [1.165, 1.54) is 6.33 Å². The first kappa shape index (κ1) is 11.3. The first-order chi connectivity index (χ1) is 8.11. The number of hydrogen-bond acceptors (Lipinski definition) is 3. The van der Waals surface area contributed by atoms with Gasteiger partial charge in [0.15, 0.2) is 0 Å². The third-order valence-electron chi connectivity index (χ3n) is 2.76. The van der Waals surface area contributed by atoms with Crippen molar-refractivity contribution in [1.29, 1.82) is 0 Å². The van der Waals surface area contributed by atoms with Crippen molar-refractivity contribution in [3.63, 3.8) is 0 Å². The van der Waals surface area contributed by atoms with Crippen LogP contribution in [-0.4, -0.2) is 21.0 Å². The monoisotopic (exact) mass is 228 g/mol. The smallest absolute Gasteiger partial charge is 0.336 e. The molecule has 1 heterocycles. The molecule has 86 valence electrons. The molecular formula is C13H12N2O2. The van der Waals surface area contributed by atoms with Crippen LogP contribution in [0.2, 0.25) is 0 Å². The number of carboxylic acid groups (broad SMARTS) is 1. The SMILES string of the molecule is Cc1ccc(-c2cncnc2)c(C)c1C(=O)O. The van der Waals surface area contributed by atoms with Crippen molar-refractivity contribution < 1.29 is 9.90 Å². The van der Waals surface area contributed by atoms with Crippen molar-refractivity contribution in [3.05, 3.63) is 47.5 Å². The predicted molar refractivity (Wildman–Crippen MR) is 63.9 cm³/mol. The van der Waals surface area contributed by atoms with E-state index in [-0.39, 0.29) is 0 Å². The maximum absolute atomic E-state index is 11.2. The molecule has 0 aliphatic heterocycles. The fourth-order valence-electron chi connectivity index (χ4n) is 1.93. The third kappa shape index (κ3) is 2.01. The summed E-state index contributed by atoms with van der Waals surface area (Å²) in [7, 11) is 0. The second-order valence-corrected chi connectivity index (χ2v) is 3.86. The number of aromatic nitrogens is 2. The second-order valence-electron chi connectivity index (χ2n) is 3.86. The van der Waals surface area contributed by atoms with Gasteiger partial charge in [-0.15, -0.1) is 0 Å². The molecule has 0 aliphatic rings. The summed E-state index contributed by atoms with van der Waals surface area (Å²) in [4.78, 5) is 19.1. The molecular weight excluding hydrogens is 216 g/mol. The molecule has 1 aromatic heterocycles. The lowest BCUT2D eigenvalue weighted by Crippen LogP contribution is -2.04. The van der Waals surface area contributed by atoms with Gasteiger partial charge in [-0.1, -0.05) is 12.1 Å². The lowest BCUT2D eigenvalue weighted by molar-refractivity contribution is 0.0695. The average molecular weight is 228 g/mol. The number of aryl methyl sites for hydroxylation is 1. The van der Waals surface area contributed by atoms with Crippen molar-refractivity contribution in [2.24, 2.45) is 0 Å². The van der Waals surface area contributed by atoms with Gasteiger partial charge in [0.05, 0.1) is 5.56 Å². The normalized spacial score (nSPS) is 10.2. The molecule has 0 amide bonds. The molecule has 0 unspecified atom stereocenters. The van der Waals surface area contributed by atoms with Crippen molar-refractivity contribution in [2.75, 3.05) is 0 Å². The van der Waals surface area contributed by atoms with E-state index in [0.717, 1.165) is 22.3 Å². The van der Waals surface area contributed by atoms with Crippen LogP contribution in [0.15, 0.2) is 30.9 Å². The molecule has 4 heteroatoms. The zero-order chi connectivity index (χ0) is 12.4. The quantitative estimate of drug-likeness (QED) is 0.857. The minimum absolute atomic E-state index is 0.353. The summed E-state index contributed by atoms with van der Waals surface area (Å²) < 4.78 is 0. The number of hydrogen-bond donors (Lipinski definition) is 1. The van der Waals surface area contributed by atoms with Crippen LogP contribution in [0.25, 0.3) is 11.1 Å². The molecule has 4 nitrogen and oxygen atoms in total. The van der Waals surface area contributed by atoms with Gasteiger partial charge in [-0.2, -0.15) is 0 Å². The van der Waals surface area contributed by atoms with Crippen molar-refractivity contribution in [1.82, 2.24) is 9.97 Å². The standard InChI is InChI=1S/C13H12N2O2/c1-8-3-4-11(9(2)12(8)13(16)17)10-5-14-7-15-6-10/h3-7H,1-2H3,(H,16,17). The number of benzene rings is 1. The van der Waals surface area contributed by atoms with Crippen LogP contribution in [0.4, 0.5) is 0 Å². The molecule has 0 saturated heterocycles. The van der Waals surface area contributed by atoms with Crippen molar-refractivity contribution in [2.45, 2.75) is 13.8 Å². The molecule has 0 saturated carbocycles. The average Bonchev–Trinajstić information content (AvgIpc) is 2.30. The van der Waals surface area contributed by atoms with Gasteiger partial charge >= 0.3 is 5.97 Å². The van der Waals surface area contributed by atoms with E-state index < -0.39 is 5.97 Å². The number of aromatic carboxylic acids is 1. The topological polar surface area (TPSA) is 63.1 Å². The number of nitrogens with zero attached hydrogens (tertiary/aromatic N) is 2. The molecule has 0 aliphatic carbocycles. The number of rotatable bonds is 2. The van der Waals surface area contributed by atoms with Gasteiger partial charge in [-0.05, 0) is 30.5 Å². The van der Waals surface area contributed by atoms with Crippen LogP contribution in [0.3, 0.4) is 0 Å². The lowest BCUT2D eigenvalue weighted by Gasteiger charge is -2.10. The summed E-state index contributed by atoms with van der Waals surface area (Å²) in [6.07, 6.45) is 4.80. The Labute approximate surface area is 99.0 Å². The third-order valence-corrected chi connectivity index (χ3v) is 2.76. The maximum Gasteiger partial charge on any atom is 0.336 e. The summed E-state index contributed by atoms with van der Waals surface area (Å²) >= 11 is 0. The highest BCUT2D eigenvalue weighted by molar-refractivity contribution is 5.93. The fraction of sp³-hybridized carbons (Fsp3) is 0.154. The summed E-state index contributed by atoms with van der Waals surface area (Å²) in [5, 5.41) is 9.19. The van der Waals surface area contributed by atoms with Gasteiger partial charge in [-0.25, -0.2) is 14.8 Å². The van der Waals surface area contributed by atoms with Crippen LogP contribution in [0, 0.1) is 13.8 Å². The Morgan fingerprint density at radius 3 is 2.41 bits per heavy atom. The Balaban J connectivity index is 2.66. The van der Waals surface area contributed by atoms with E-state index in [2.05, 4.69) is 9.97 Å². The lowest BCUT2D eigenvalue weighted by atomic mass is 9.95. The molecule has 1 aromatic carbocycles. The van der Waals surface area contributed by atoms with Crippen LogP contribution in [-0.2, 0) is 0 Å². The van der Waals surface area contributed by atoms with Crippen LogP contribution >= 0.6 is 0 Å². The first-order valence-corrected chi connectivity index (χ1v) is 5.20. The minimum Gasteiger partial charge on any atom is -0.478 e. The van der Waals surface area contributed by atoms with Gasteiger partial charge in [0, 0.05) is 18.0 Å². The predicted octanol–water partition coefficient (Wildman–Crippen LogP) is 2.46. The van der Waals surface area contributed by atoms with Crippen LogP contribution in [0.1, 0.15) is 21.5 Å². The summed E-state index contributed by atoms with van der Waals surface area (Å²) in [6.45, 7) is 3.60. The Hall–Kier alpha value is -2.23. The van der Waals surface area contributed by atoms with Gasteiger partial charge in [0.25, 0.3) is 0 Å². The molecule has 2 rings (SSSR count). The maximum atomic E-state index is 11.2. The summed E-state index contributed by atoms with van der Waals surface area (Å²) in [5.41, 5.74) is 3.54. The Kier molecular flexibility index (Phi) is 2.87. The molecule has 1 N–H and O–H groups in total.